The molecule has 4 N–H and O–H groups in total. The Morgan fingerprint density at radius 1 is 1.12 bits per heavy atom. The fraction of sp³-hybridized carbons (Fsp3) is 0.824. The van der Waals surface area contributed by atoms with Crippen molar-refractivity contribution in [1.82, 2.24) is 21.3 Å². The fourth-order valence-electron chi connectivity index (χ4n) is 1.96. The first kappa shape index (κ1) is 21.1. The summed E-state index contributed by atoms with van der Waals surface area (Å²) in [7, 11) is 0. The van der Waals surface area contributed by atoms with Crippen LogP contribution in [0.4, 0.5) is 4.79 Å². The number of guanidine groups is 1. The first-order chi connectivity index (χ1) is 11.8. The molecule has 0 spiro atoms. The second-order valence-electron chi connectivity index (χ2n) is 7.06. The van der Waals surface area contributed by atoms with Crippen LogP contribution in [0.15, 0.2) is 4.99 Å². The summed E-state index contributed by atoms with van der Waals surface area (Å²) in [6.45, 7) is 9.75. The third-order valence-electron chi connectivity index (χ3n) is 3.20. The van der Waals surface area contributed by atoms with Crippen LogP contribution in [0.2, 0.25) is 0 Å². The molecule has 1 aliphatic rings. The maximum Gasteiger partial charge on any atom is 0.407 e. The van der Waals surface area contributed by atoms with Crippen LogP contribution in [0.25, 0.3) is 0 Å². The molecule has 0 unspecified atom stereocenters. The number of alkyl carbamates (subject to hydrolysis) is 1. The Hall–Kier alpha value is -1.99. The van der Waals surface area contributed by atoms with Crippen LogP contribution in [0.5, 0.6) is 0 Å². The third-order valence-corrected chi connectivity index (χ3v) is 3.20. The van der Waals surface area contributed by atoms with E-state index in [1.54, 1.807) is 0 Å². The Labute approximate surface area is 150 Å². The van der Waals surface area contributed by atoms with Crippen molar-refractivity contribution in [2.45, 2.75) is 65.0 Å². The molecule has 0 aliphatic heterocycles. The number of aliphatic imine (C=N–C) groups is 1. The monoisotopic (exact) mass is 355 g/mol. The minimum Gasteiger partial charge on any atom is -0.444 e. The molecule has 1 aliphatic carbocycles. The van der Waals surface area contributed by atoms with E-state index in [-0.39, 0.29) is 5.91 Å². The Kier molecular flexibility index (Phi) is 9.08. The number of nitrogens with zero attached hydrogens (tertiary/aromatic N) is 1. The lowest BCUT2D eigenvalue weighted by atomic mass is 10.2. The van der Waals surface area contributed by atoms with Crippen LogP contribution in [0.3, 0.4) is 0 Å². The predicted molar refractivity (Wildman–Crippen MR) is 98.6 cm³/mol. The van der Waals surface area contributed by atoms with Crippen molar-refractivity contribution in [3.8, 4) is 0 Å². The van der Waals surface area contributed by atoms with Gasteiger partial charge in [-0.3, -0.25) is 9.79 Å². The van der Waals surface area contributed by atoms with Crippen LogP contribution < -0.4 is 21.3 Å². The Balaban J connectivity index is 2.16. The zero-order valence-electron chi connectivity index (χ0n) is 15.9. The lowest BCUT2D eigenvalue weighted by Crippen LogP contribution is -2.42. The van der Waals surface area contributed by atoms with Gasteiger partial charge in [0.05, 0.1) is 0 Å². The molecule has 8 nitrogen and oxygen atoms in total. The minimum atomic E-state index is -0.500. The summed E-state index contributed by atoms with van der Waals surface area (Å²) in [6.07, 6.45) is 2.99. The van der Waals surface area contributed by atoms with Crippen LogP contribution in [0, 0.1) is 0 Å². The summed E-state index contributed by atoms with van der Waals surface area (Å²) in [5.74, 6) is 0.785. The standard InChI is InChI=1S/C17H33N5O3/c1-5-18-15(19-10-6-7-14(23)22-13-8-9-13)20-11-12-21-16(24)25-17(2,3)4/h13H,5-12H2,1-4H3,(H,21,24)(H,22,23)(H2,18,19,20). The van der Waals surface area contributed by atoms with Gasteiger partial charge in [0.1, 0.15) is 5.60 Å². The van der Waals surface area contributed by atoms with Crippen LogP contribution >= 0.6 is 0 Å². The van der Waals surface area contributed by atoms with E-state index in [1.165, 1.54) is 0 Å². The third kappa shape index (κ3) is 12.1. The van der Waals surface area contributed by atoms with Crippen molar-refractivity contribution < 1.29 is 14.3 Å². The predicted octanol–water partition coefficient (Wildman–Crippen LogP) is 1.13. The Bertz CT molecular complexity index is 456. The van der Waals surface area contributed by atoms with Crippen molar-refractivity contribution in [1.29, 1.82) is 0 Å². The zero-order valence-corrected chi connectivity index (χ0v) is 15.9. The van der Waals surface area contributed by atoms with E-state index in [0.717, 1.165) is 19.4 Å². The topological polar surface area (TPSA) is 104 Å². The van der Waals surface area contributed by atoms with Gasteiger partial charge in [-0.15, -0.1) is 0 Å². The molecule has 0 radical (unpaired) electrons. The molecule has 25 heavy (non-hydrogen) atoms. The highest BCUT2D eigenvalue weighted by Crippen LogP contribution is 2.18. The molecular formula is C17H33N5O3. The zero-order chi connectivity index (χ0) is 18.7. The van der Waals surface area contributed by atoms with Crippen LogP contribution in [-0.4, -0.2) is 55.8 Å². The van der Waals surface area contributed by atoms with Gasteiger partial charge in [-0.25, -0.2) is 4.79 Å². The number of amides is 2. The number of ether oxygens (including phenoxy) is 1. The lowest BCUT2D eigenvalue weighted by molar-refractivity contribution is -0.121. The molecule has 2 amide bonds. The number of carbonyl (C=O) groups excluding carboxylic acids is 2. The molecule has 0 atom stereocenters. The van der Waals surface area contributed by atoms with E-state index < -0.39 is 11.7 Å². The number of carbonyl (C=O) groups is 2. The van der Waals surface area contributed by atoms with Crippen LogP contribution in [-0.2, 0) is 9.53 Å². The maximum absolute atomic E-state index is 11.6. The highest BCUT2D eigenvalue weighted by atomic mass is 16.6. The molecule has 0 aromatic heterocycles. The second-order valence-corrected chi connectivity index (χ2v) is 7.06. The van der Waals surface area contributed by atoms with Gasteiger partial charge >= 0.3 is 6.09 Å². The quantitative estimate of drug-likeness (QED) is 0.282. The molecule has 0 aromatic carbocycles. The summed E-state index contributed by atoms with van der Waals surface area (Å²) in [5, 5.41) is 11.9. The molecule has 0 saturated heterocycles. The van der Waals surface area contributed by atoms with Crippen molar-refractivity contribution in [2.24, 2.45) is 4.99 Å². The van der Waals surface area contributed by atoms with Crippen molar-refractivity contribution >= 4 is 18.0 Å². The van der Waals surface area contributed by atoms with Gasteiger partial charge < -0.3 is 26.0 Å². The van der Waals surface area contributed by atoms with Gasteiger partial charge in [0, 0.05) is 38.6 Å². The summed E-state index contributed by atoms with van der Waals surface area (Å²) in [5.41, 5.74) is -0.500. The van der Waals surface area contributed by atoms with Crippen molar-refractivity contribution in [3.63, 3.8) is 0 Å². The second kappa shape index (κ2) is 10.8. The average Bonchev–Trinajstić information content (AvgIpc) is 3.30. The van der Waals surface area contributed by atoms with Gasteiger partial charge in [0.25, 0.3) is 0 Å². The average molecular weight is 355 g/mol. The van der Waals surface area contributed by atoms with Gasteiger partial charge in [0.15, 0.2) is 5.96 Å². The maximum atomic E-state index is 11.6. The number of hydrogen-bond acceptors (Lipinski definition) is 4. The van der Waals surface area contributed by atoms with Crippen molar-refractivity contribution in [3.05, 3.63) is 0 Å². The normalized spacial score (nSPS) is 14.6. The molecule has 0 aromatic rings. The van der Waals surface area contributed by atoms with E-state index in [2.05, 4.69) is 26.3 Å². The van der Waals surface area contributed by atoms with E-state index in [4.69, 9.17) is 4.74 Å². The molecule has 8 heteroatoms. The summed E-state index contributed by atoms with van der Waals surface area (Å²) >= 11 is 0. The van der Waals surface area contributed by atoms with Gasteiger partial charge in [-0.1, -0.05) is 0 Å². The van der Waals surface area contributed by atoms with E-state index in [9.17, 15) is 9.59 Å². The Morgan fingerprint density at radius 2 is 1.80 bits per heavy atom. The summed E-state index contributed by atoms with van der Waals surface area (Å²) in [6, 6.07) is 0.410. The summed E-state index contributed by atoms with van der Waals surface area (Å²) < 4.78 is 5.16. The molecule has 1 saturated carbocycles. The smallest absolute Gasteiger partial charge is 0.407 e. The summed E-state index contributed by atoms with van der Waals surface area (Å²) in [4.78, 5) is 27.6. The fourth-order valence-corrected chi connectivity index (χ4v) is 1.96. The number of hydrogen-bond donors (Lipinski definition) is 4. The number of nitrogens with one attached hydrogen (secondary N) is 4. The molecule has 0 heterocycles. The highest BCUT2D eigenvalue weighted by Gasteiger charge is 2.22. The largest absolute Gasteiger partial charge is 0.444 e. The van der Waals surface area contributed by atoms with Gasteiger partial charge in [0.2, 0.25) is 5.91 Å². The van der Waals surface area contributed by atoms with Gasteiger partial charge in [-0.2, -0.15) is 0 Å². The number of rotatable bonds is 9. The molecule has 144 valence electrons. The van der Waals surface area contributed by atoms with E-state index in [1.807, 2.05) is 27.7 Å². The molecule has 1 fully saturated rings. The SMILES string of the molecule is CCNC(=NCCCC(=O)NC1CC1)NCCNC(=O)OC(C)(C)C. The molecule has 1 rings (SSSR count). The first-order valence-electron chi connectivity index (χ1n) is 9.08. The van der Waals surface area contributed by atoms with Gasteiger partial charge in [-0.05, 0) is 47.0 Å². The minimum absolute atomic E-state index is 0.109. The highest BCUT2D eigenvalue weighted by molar-refractivity contribution is 5.80. The lowest BCUT2D eigenvalue weighted by Gasteiger charge is -2.19. The van der Waals surface area contributed by atoms with E-state index in [0.29, 0.717) is 44.5 Å². The van der Waals surface area contributed by atoms with Crippen LogP contribution in [0.1, 0.15) is 53.4 Å². The first-order valence-corrected chi connectivity index (χ1v) is 9.08. The van der Waals surface area contributed by atoms with E-state index >= 15 is 0 Å². The molecule has 0 bridgehead atoms. The Morgan fingerprint density at radius 3 is 2.40 bits per heavy atom. The molecular weight excluding hydrogens is 322 g/mol. The van der Waals surface area contributed by atoms with Crippen molar-refractivity contribution in [2.75, 3.05) is 26.2 Å².